The number of nitrogens with two attached hydrogens (primary N) is 1. The van der Waals surface area contributed by atoms with E-state index >= 15 is 0 Å². The van der Waals surface area contributed by atoms with Gasteiger partial charge < -0.3 is 26.4 Å². The predicted octanol–water partition coefficient (Wildman–Crippen LogP) is 2.08. The van der Waals surface area contributed by atoms with Crippen molar-refractivity contribution in [1.29, 1.82) is 5.41 Å². The van der Waals surface area contributed by atoms with Gasteiger partial charge in [0, 0.05) is 23.6 Å². The molecule has 0 spiro atoms. The van der Waals surface area contributed by atoms with Gasteiger partial charge in [0.25, 0.3) is 5.91 Å². The van der Waals surface area contributed by atoms with Gasteiger partial charge in [-0.3, -0.25) is 24.8 Å². The molecule has 0 saturated heterocycles. The molecule has 2 aromatic carbocycles. The number of rotatable bonds is 9. The molecule has 1 heterocycles. The van der Waals surface area contributed by atoms with Gasteiger partial charge in [-0.1, -0.05) is 30.3 Å². The number of hydrogen-bond acceptors (Lipinski definition) is 6. The molecule has 34 heavy (non-hydrogen) atoms. The van der Waals surface area contributed by atoms with Crippen molar-refractivity contribution in [3.8, 4) is 0 Å². The maximum absolute atomic E-state index is 12.9. The summed E-state index contributed by atoms with van der Waals surface area (Å²) >= 11 is 0. The number of carbonyl (C=O) groups excluding carboxylic acids is 3. The molecule has 3 aromatic rings. The highest BCUT2D eigenvalue weighted by molar-refractivity contribution is 6.10. The molecule has 0 aliphatic carbocycles. The highest BCUT2D eigenvalue weighted by atomic mass is 16.5. The van der Waals surface area contributed by atoms with Gasteiger partial charge >= 0.3 is 5.97 Å². The Bertz CT molecular complexity index is 1200. The van der Waals surface area contributed by atoms with E-state index in [1.807, 2.05) is 12.1 Å². The average Bonchev–Trinajstić information content (AvgIpc) is 2.82. The Morgan fingerprint density at radius 3 is 2.65 bits per heavy atom. The Labute approximate surface area is 196 Å². The summed E-state index contributed by atoms with van der Waals surface area (Å²) in [6.07, 6.45) is 3.08. The second-order valence-electron chi connectivity index (χ2n) is 7.38. The largest absolute Gasteiger partial charge is 0.466 e. The molecule has 2 amide bonds. The maximum atomic E-state index is 12.9. The van der Waals surface area contributed by atoms with Gasteiger partial charge in [-0.25, -0.2) is 0 Å². The van der Waals surface area contributed by atoms with E-state index in [9.17, 15) is 14.4 Å². The second kappa shape index (κ2) is 11.4. The molecule has 0 fully saturated rings. The third-order valence-corrected chi connectivity index (χ3v) is 4.89. The van der Waals surface area contributed by atoms with E-state index in [-0.39, 0.29) is 25.5 Å². The summed E-state index contributed by atoms with van der Waals surface area (Å²) < 4.78 is 5.00. The molecular formula is C24H26N6O4. The summed E-state index contributed by atoms with van der Waals surface area (Å²) in [6, 6.07) is 13.4. The number of nitrogens with one attached hydrogen (secondary N) is 4. The van der Waals surface area contributed by atoms with Crippen molar-refractivity contribution in [2.45, 2.75) is 19.4 Å². The molecule has 0 aliphatic rings. The molecule has 6 N–H and O–H groups in total. The van der Waals surface area contributed by atoms with Crippen molar-refractivity contribution in [3.05, 3.63) is 72.1 Å². The van der Waals surface area contributed by atoms with Gasteiger partial charge in [0.15, 0.2) is 5.96 Å². The van der Waals surface area contributed by atoms with Crippen LogP contribution in [0.3, 0.4) is 0 Å². The minimum Gasteiger partial charge on any atom is -0.466 e. The standard InChI is InChI=1S/C24H26N6O4/c1-2-34-22(32)12-20(16-7-5-9-27-13-16)30-21(31)14-28-23(33)19-11-17(29-24(25)26)10-15-6-3-4-8-18(15)19/h3-11,13,20H,2,12,14H2,1H3,(H,28,33)(H,30,31)(H4,25,26,29). The number of nitrogens with zero attached hydrogens (tertiary/aromatic N) is 1. The number of anilines is 1. The Hall–Kier alpha value is -4.47. The number of guanidine groups is 1. The maximum Gasteiger partial charge on any atom is 0.308 e. The van der Waals surface area contributed by atoms with Crippen LogP contribution in [0.2, 0.25) is 0 Å². The molecule has 176 valence electrons. The van der Waals surface area contributed by atoms with Crippen LogP contribution in [0.5, 0.6) is 0 Å². The van der Waals surface area contributed by atoms with E-state index in [1.54, 1.807) is 55.7 Å². The van der Waals surface area contributed by atoms with Crippen LogP contribution >= 0.6 is 0 Å². The highest BCUT2D eigenvalue weighted by Gasteiger charge is 2.20. The van der Waals surface area contributed by atoms with Crippen molar-refractivity contribution in [2.24, 2.45) is 5.73 Å². The van der Waals surface area contributed by atoms with Crippen molar-refractivity contribution in [1.82, 2.24) is 15.6 Å². The lowest BCUT2D eigenvalue weighted by atomic mass is 10.0. The molecule has 1 aromatic heterocycles. The van der Waals surface area contributed by atoms with E-state index < -0.39 is 23.8 Å². The number of benzene rings is 2. The molecule has 3 rings (SSSR count). The van der Waals surface area contributed by atoms with Crippen molar-refractivity contribution < 1.29 is 19.1 Å². The number of carbonyl (C=O) groups is 3. The van der Waals surface area contributed by atoms with Gasteiger partial charge in [-0.15, -0.1) is 0 Å². The van der Waals surface area contributed by atoms with Gasteiger partial charge in [-0.2, -0.15) is 0 Å². The Morgan fingerprint density at radius 2 is 1.94 bits per heavy atom. The second-order valence-corrected chi connectivity index (χ2v) is 7.38. The first kappa shape index (κ1) is 24.2. The fourth-order valence-corrected chi connectivity index (χ4v) is 3.45. The topological polar surface area (TPSA) is 159 Å². The summed E-state index contributed by atoms with van der Waals surface area (Å²) in [7, 11) is 0. The van der Waals surface area contributed by atoms with Crippen LogP contribution in [-0.2, 0) is 14.3 Å². The summed E-state index contributed by atoms with van der Waals surface area (Å²) in [6.45, 7) is 1.63. The van der Waals surface area contributed by atoms with Crippen LogP contribution < -0.4 is 21.7 Å². The van der Waals surface area contributed by atoms with Gasteiger partial charge in [0.05, 0.1) is 25.6 Å². The summed E-state index contributed by atoms with van der Waals surface area (Å²) in [5.74, 6) is -1.67. The Balaban J connectivity index is 1.72. The smallest absolute Gasteiger partial charge is 0.308 e. The Kier molecular flexibility index (Phi) is 8.11. The lowest BCUT2D eigenvalue weighted by Crippen LogP contribution is -2.39. The molecule has 0 aliphatic heterocycles. The van der Waals surface area contributed by atoms with Crippen LogP contribution in [0, 0.1) is 5.41 Å². The minimum absolute atomic E-state index is 0.0668. The van der Waals surface area contributed by atoms with Crippen LogP contribution in [0.25, 0.3) is 10.8 Å². The summed E-state index contributed by atoms with van der Waals surface area (Å²) in [5.41, 5.74) is 6.87. The minimum atomic E-state index is -0.652. The van der Waals surface area contributed by atoms with Crippen molar-refractivity contribution in [2.75, 3.05) is 18.5 Å². The van der Waals surface area contributed by atoms with Gasteiger partial charge in [0.1, 0.15) is 0 Å². The first-order valence-electron chi connectivity index (χ1n) is 10.6. The summed E-state index contributed by atoms with van der Waals surface area (Å²) in [4.78, 5) is 41.6. The van der Waals surface area contributed by atoms with Gasteiger partial charge in [-0.05, 0) is 41.5 Å². The van der Waals surface area contributed by atoms with E-state index in [0.717, 1.165) is 5.39 Å². The van der Waals surface area contributed by atoms with Crippen LogP contribution in [0.4, 0.5) is 5.69 Å². The number of hydrogen-bond donors (Lipinski definition) is 5. The van der Waals surface area contributed by atoms with Crippen molar-refractivity contribution in [3.63, 3.8) is 0 Å². The van der Waals surface area contributed by atoms with E-state index in [0.29, 0.717) is 22.2 Å². The molecule has 1 atom stereocenters. The average molecular weight is 463 g/mol. The van der Waals surface area contributed by atoms with E-state index in [2.05, 4.69) is 20.9 Å². The predicted molar refractivity (Wildman–Crippen MR) is 128 cm³/mol. The number of pyridine rings is 1. The number of esters is 1. The SMILES string of the molecule is CCOC(=O)CC(NC(=O)CNC(=O)c1cc(NC(=N)N)cc2ccccc12)c1cccnc1. The lowest BCUT2D eigenvalue weighted by molar-refractivity contribution is -0.143. The fourth-order valence-electron chi connectivity index (χ4n) is 3.45. The molecule has 0 saturated carbocycles. The van der Waals surface area contributed by atoms with E-state index in [1.165, 1.54) is 0 Å². The number of amides is 2. The molecular weight excluding hydrogens is 436 g/mol. The molecule has 10 nitrogen and oxygen atoms in total. The van der Waals surface area contributed by atoms with Crippen LogP contribution in [-0.4, -0.2) is 41.9 Å². The van der Waals surface area contributed by atoms with Crippen LogP contribution in [0.1, 0.15) is 35.3 Å². The fraction of sp³-hybridized carbons (Fsp3) is 0.208. The lowest BCUT2D eigenvalue weighted by Gasteiger charge is -2.18. The highest BCUT2D eigenvalue weighted by Crippen LogP contribution is 2.24. The summed E-state index contributed by atoms with van der Waals surface area (Å²) in [5, 5.41) is 16.9. The molecule has 10 heteroatoms. The zero-order chi connectivity index (χ0) is 24.5. The first-order chi connectivity index (χ1) is 16.4. The van der Waals surface area contributed by atoms with Gasteiger partial charge in [0.2, 0.25) is 5.91 Å². The van der Waals surface area contributed by atoms with Crippen molar-refractivity contribution >= 4 is 40.2 Å². The zero-order valence-electron chi connectivity index (χ0n) is 18.6. The third kappa shape index (κ3) is 6.52. The number of ether oxygens (including phenoxy) is 1. The number of fused-ring (bicyclic) bond motifs is 1. The van der Waals surface area contributed by atoms with Crippen LogP contribution in [0.15, 0.2) is 60.9 Å². The van der Waals surface area contributed by atoms with E-state index in [4.69, 9.17) is 15.9 Å². The zero-order valence-corrected chi connectivity index (χ0v) is 18.6. The Morgan fingerprint density at radius 1 is 1.15 bits per heavy atom. The third-order valence-electron chi connectivity index (χ3n) is 4.89. The molecule has 1 unspecified atom stereocenters. The quantitative estimate of drug-likeness (QED) is 0.185. The molecule has 0 bridgehead atoms. The first-order valence-corrected chi connectivity index (χ1v) is 10.6. The number of aromatic nitrogens is 1. The molecule has 0 radical (unpaired) electrons. The monoisotopic (exact) mass is 462 g/mol. The normalized spacial score (nSPS) is 11.3.